The third-order valence-electron chi connectivity index (χ3n) is 4.31. The minimum atomic E-state index is -3.67. The fourth-order valence-corrected chi connectivity index (χ4v) is 4.08. The van der Waals surface area contributed by atoms with E-state index >= 15 is 0 Å². The average Bonchev–Trinajstić information content (AvgIpc) is 3.21. The Hall–Kier alpha value is -3.40. The molecule has 0 fully saturated rings. The van der Waals surface area contributed by atoms with Crippen LogP contribution in [0.3, 0.4) is 0 Å². The number of benzene rings is 2. The highest BCUT2D eigenvalue weighted by atomic mass is 32.2. The number of amides is 1. The van der Waals surface area contributed by atoms with Crippen LogP contribution < -0.4 is 14.4 Å². The number of aromatic nitrogens is 2. The summed E-state index contributed by atoms with van der Waals surface area (Å²) >= 11 is 0. The van der Waals surface area contributed by atoms with E-state index in [9.17, 15) is 13.2 Å². The average molecular weight is 430 g/mol. The van der Waals surface area contributed by atoms with Crippen LogP contribution in [-0.4, -0.2) is 43.9 Å². The Morgan fingerprint density at radius 2 is 1.93 bits per heavy atom. The Bertz CT molecular complexity index is 1110. The number of nitrogens with one attached hydrogen (secondary N) is 1. The topological polar surface area (TPSA) is 115 Å². The number of anilines is 1. The van der Waals surface area contributed by atoms with E-state index in [1.807, 2.05) is 6.07 Å². The quantitative estimate of drug-likeness (QED) is 0.583. The second kappa shape index (κ2) is 8.95. The van der Waals surface area contributed by atoms with Gasteiger partial charge in [-0.25, -0.2) is 8.42 Å². The summed E-state index contributed by atoms with van der Waals surface area (Å²) in [5.41, 5.74) is 1.11. The molecule has 2 aromatic carbocycles. The van der Waals surface area contributed by atoms with Crippen molar-refractivity contribution in [2.24, 2.45) is 0 Å². The zero-order valence-electron chi connectivity index (χ0n) is 16.8. The maximum Gasteiger partial charge on any atom is 0.246 e. The standard InChI is InChI=1S/C20H22N4O5S/c1-14(24(30(3,26)27)16-9-5-4-6-10-16)20(25)21-13-18-22-19(23-29-18)15-8-7-11-17(12-15)28-2/h4-12,14H,13H2,1-3H3,(H,21,25). The van der Waals surface area contributed by atoms with Crippen molar-refractivity contribution in [3.63, 3.8) is 0 Å². The van der Waals surface area contributed by atoms with E-state index in [2.05, 4.69) is 15.5 Å². The van der Waals surface area contributed by atoms with Crippen LogP contribution in [0.5, 0.6) is 5.75 Å². The van der Waals surface area contributed by atoms with Crippen molar-refractivity contribution in [3.05, 3.63) is 60.5 Å². The molecule has 1 N–H and O–H groups in total. The molecule has 1 amide bonds. The van der Waals surface area contributed by atoms with E-state index in [-0.39, 0.29) is 12.4 Å². The highest BCUT2D eigenvalue weighted by Gasteiger charge is 2.29. The Balaban J connectivity index is 1.69. The fraction of sp³-hybridized carbons (Fsp3) is 0.250. The molecule has 0 aliphatic rings. The molecule has 0 bridgehead atoms. The van der Waals surface area contributed by atoms with Gasteiger partial charge in [-0.05, 0) is 31.2 Å². The molecular weight excluding hydrogens is 408 g/mol. The van der Waals surface area contributed by atoms with E-state index in [1.165, 1.54) is 6.92 Å². The molecule has 158 valence electrons. The van der Waals surface area contributed by atoms with Crippen LogP contribution in [0, 0.1) is 0 Å². The minimum Gasteiger partial charge on any atom is -0.497 e. The minimum absolute atomic E-state index is 0.0352. The van der Waals surface area contributed by atoms with Gasteiger partial charge in [-0.15, -0.1) is 0 Å². The van der Waals surface area contributed by atoms with Gasteiger partial charge >= 0.3 is 0 Å². The summed E-state index contributed by atoms with van der Waals surface area (Å²) in [6, 6.07) is 14.6. The largest absolute Gasteiger partial charge is 0.497 e. The molecule has 0 saturated heterocycles. The Kier molecular flexibility index (Phi) is 6.36. The predicted molar refractivity (Wildman–Crippen MR) is 111 cm³/mol. The molecule has 10 heteroatoms. The Morgan fingerprint density at radius 3 is 2.60 bits per heavy atom. The lowest BCUT2D eigenvalue weighted by atomic mass is 10.2. The summed E-state index contributed by atoms with van der Waals surface area (Å²) in [6.45, 7) is 1.48. The van der Waals surface area contributed by atoms with Gasteiger partial charge in [0.2, 0.25) is 27.6 Å². The molecule has 1 atom stereocenters. The summed E-state index contributed by atoms with van der Waals surface area (Å²) in [5.74, 6) is 0.709. The van der Waals surface area contributed by atoms with Crippen molar-refractivity contribution in [2.45, 2.75) is 19.5 Å². The smallest absolute Gasteiger partial charge is 0.246 e. The molecule has 0 spiro atoms. The lowest BCUT2D eigenvalue weighted by molar-refractivity contribution is -0.122. The fourth-order valence-electron chi connectivity index (χ4n) is 2.90. The number of rotatable bonds is 8. The molecule has 3 rings (SSSR count). The third kappa shape index (κ3) is 4.95. The summed E-state index contributed by atoms with van der Waals surface area (Å²) in [6.07, 6.45) is 1.06. The van der Waals surface area contributed by atoms with Gasteiger partial charge in [0.15, 0.2) is 0 Å². The van der Waals surface area contributed by atoms with Crippen molar-refractivity contribution in [2.75, 3.05) is 17.7 Å². The van der Waals surface area contributed by atoms with E-state index < -0.39 is 22.0 Å². The molecule has 3 aromatic rings. The van der Waals surface area contributed by atoms with Crippen LogP contribution in [0.2, 0.25) is 0 Å². The Labute approximate surface area is 174 Å². The van der Waals surface area contributed by atoms with Gasteiger partial charge in [-0.2, -0.15) is 4.98 Å². The highest BCUT2D eigenvalue weighted by molar-refractivity contribution is 7.92. The number of hydrogen-bond acceptors (Lipinski definition) is 7. The molecule has 30 heavy (non-hydrogen) atoms. The van der Waals surface area contributed by atoms with E-state index in [4.69, 9.17) is 9.26 Å². The monoisotopic (exact) mass is 430 g/mol. The van der Waals surface area contributed by atoms with Gasteiger partial charge in [-0.3, -0.25) is 9.10 Å². The molecule has 0 saturated carbocycles. The van der Waals surface area contributed by atoms with Crippen LogP contribution in [0.15, 0.2) is 59.1 Å². The molecule has 0 aliphatic carbocycles. The second-order valence-electron chi connectivity index (χ2n) is 6.53. The lowest BCUT2D eigenvalue weighted by Gasteiger charge is -2.28. The second-order valence-corrected chi connectivity index (χ2v) is 8.39. The molecule has 9 nitrogen and oxygen atoms in total. The number of nitrogens with zero attached hydrogens (tertiary/aromatic N) is 3. The SMILES string of the molecule is COc1cccc(-c2noc(CNC(=O)C(C)N(c3ccccc3)S(C)(=O)=O)n2)c1. The normalized spacial score (nSPS) is 12.2. The zero-order valence-corrected chi connectivity index (χ0v) is 17.6. The number of methoxy groups -OCH3 is 1. The van der Waals surface area contributed by atoms with Gasteiger partial charge in [0.1, 0.15) is 11.8 Å². The van der Waals surface area contributed by atoms with Crippen molar-refractivity contribution >= 4 is 21.6 Å². The summed E-state index contributed by atoms with van der Waals surface area (Å²) < 4.78 is 36.0. The molecule has 1 heterocycles. The third-order valence-corrected chi connectivity index (χ3v) is 5.55. The zero-order chi connectivity index (χ0) is 21.7. The molecule has 0 radical (unpaired) electrons. The van der Waals surface area contributed by atoms with E-state index in [1.54, 1.807) is 55.6 Å². The van der Waals surface area contributed by atoms with Gasteiger partial charge in [-0.1, -0.05) is 35.5 Å². The van der Waals surface area contributed by atoms with Crippen LogP contribution in [0.25, 0.3) is 11.4 Å². The van der Waals surface area contributed by atoms with Gasteiger partial charge in [0, 0.05) is 5.56 Å². The summed E-state index contributed by atoms with van der Waals surface area (Å²) in [7, 11) is -2.11. The maximum absolute atomic E-state index is 12.6. The van der Waals surface area contributed by atoms with Crippen molar-refractivity contribution in [1.29, 1.82) is 0 Å². The number of hydrogen-bond donors (Lipinski definition) is 1. The van der Waals surface area contributed by atoms with Gasteiger partial charge in [0.25, 0.3) is 0 Å². The maximum atomic E-state index is 12.6. The van der Waals surface area contributed by atoms with Crippen LogP contribution in [-0.2, 0) is 21.4 Å². The number of carbonyl (C=O) groups excluding carboxylic acids is 1. The van der Waals surface area contributed by atoms with Crippen LogP contribution in [0.4, 0.5) is 5.69 Å². The molecular formula is C20H22N4O5S. The predicted octanol–water partition coefficient (Wildman–Crippen LogP) is 2.22. The molecule has 1 aromatic heterocycles. The van der Waals surface area contributed by atoms with E-state index in [0.717, 1.165) is 10.6 Å². The van der Waals surface area contributed by atoms with E-state index in [0.29, 0.717) is 22.8 Å². The highest BCUT2D eigenvalue weighted by Crippen LogP contribution is 2.22. The summed E-state index contributed by atoms with van der Waals surface area (Å²) in [5, 5.41) is 6.55. The van der Waals surface area contributed by atoms with Crippen molar-refractivity contribution < 1.29 is 22.5 Å². The van der Waals surface area contributed by atoms with Crippen molar-refractivity contribution in [1.82, 2.24) is 15.5 Å². The van der Waals surface area contributed by atoms with Gasteiger partial charge in [0.05, 0.1) is 25.6 Å². The first-order chi connectivity index (χ1) is 14.3. The first-order valence-corrected chi connectivity index (χ1v) is 10.9. The Morgan fingerprint density at radius 1 is 1.20 bits per heavy atom. The number of sulfonamides is 1. The van der Waals surface area contributed by atoms with Crippen LogP contribution >= 0.6 is 0 Å². The summed E-state index contributed by atoms with van der Waals surface area (Å²) in [4.78, 5) is 16.9. The lowest BCUT2D eigenvalue weighted by Crippen LogP contribution is -2.47. The van der Waals surface area contributed by atoms with Crippen molar-refractivity contribution in [3.8, 4) is 17.1 Å². The van der Waals surface area contributed by atoms with Crippen LogP contribution in [0.1, 0.15) is 12.8 Å². The molecule has 1 unspecified atom stereocenters. The first kappa shape index (κ1) is 21.3. The molecule has 0 aliphatic heterocycles. The van der Waals surface area contributed by atoms with Gasteiger partial charge < -0.3 is 14.6 Å². The number of ether oxygens (including phenoxy) is 1. The number of carbonyl (C=O) groups is 1. The first-order valence-electron chi connectivity index (χ1n) is 9.09. The number of para-hydroxylation sites is 1.